The van der Waals surface area contributed by atoms with Gasteiger partial charge in [-0.3, -0.25) is 29.8 Å². The Kier molecular flexibility index (Phi) is 4.86. The molecule has 11 heteroatoms. The summed E-state index contributed by atoms with van der Waals surface area (Å²) in [6.45, 7) is -0.701. The van der Waals surface area contributed by atoms with Gasteiger partial charge in [0.1, 0.15) is 12.6 Å². The van der Waals surface area contributed by atoms with Crippen LogP contribution in [0.3, 0.4) is 0 Å². The molecule has 0 spiro atoms. The monoisotopic (exact) mass is 298 g/mol. The summed E-state index contributed by atoms with van der Waals surface area (Å²) in [5, 5.41) is 31.8. The van der Waals surface area contributed by atoms with Crippen LogP contribution in [0.25, 0.3) is 0 Å². The van der Waals surface area contributed by atoms with Crippen LogP contribution < -0.4 is 11.1 Å². The zero-order chi connectivity index (χ0) is 16.2. The lowest BCUT2D eigenvalue weighted by Crippen LogP contribution is -2.37. The van der Waals surface area contributed by atoms with Gasteiger partial charge in [-0.2, -0.15) is 0 Å². The van der Waals surface area contributed by atoms with E-state index in [1.54, 1.807) is 0 Å². The fourth-order valence-electron chi connectivity index (χ4n) is 1.48. The molecule has 21 heavy (non-hydrogen) atoms. The van der Waals surface area contributed by atoms with Crippen LogP contribution in [-0.2, 0) is 9.59 Å². The number of nitro groups is 2. The van der Waals surface area contributed by atoms with Gasteiger partial charge in [0.15, 0.2) is 0 Å². The van der Waals surface area contributed by atoms with E-state index >= 15 is 0 Å². The first-order chi connectivity index (χ1) is 9.73. The molecule has 0 saturated heterocycles. The van der Waals surface area contributed by atoms with Gasteiger partial charge < -0.3 is 16.2 Å². The SMILES string of the molecule is NC(C(=O)NCC(=O)O)c1ccc([N+](=O)[O-])cc1[N+](=O)[O-]. The molecule has 0 bridgehead atoms. The van der Waals surface area contributed by atoms with E-state index in [-0.39, 0.29) is 5.56 Å². The summed E-state index contributed by atoms with van der Waals surface area (Å²) in [6.07, 6.45) is 0. The number of benzene rings is 1. The fraction of sp³-hybridized carbons (Fsp3) is 0.200. The van der Waals surface area contributed by atoms with Gasteiger partial charge in [0, 0.05) is 6.07 Å². The van der Waals surface area contributed by atoms with Gasteiger partial charge >= 0.3 is 5.97 Å². The Morgan fingerprint density at radius 3 is 2.38 bits per heavy atom. The molecule has 0 radical (unpaired) electrons. The molecule has 1 unspecified atom stereocenters. The summed E-state index contributed by atoms with van der Waals surface area (Å²) in [6, 6.07) is 1.11. The number of carbonyl (C=O) groups is 2. The summed E-state index contributed by atoms with van der Waals surface area (Å²) in [5.74, 6) is -2.26. The van der Waals surface area contributed by atoms with Gasteiger partial charge in [-0.25, -0.2) is 0 Å². The molecular weight excluding hydrogens is 288 g/mol. The number of hydrogen-bond donors (Lipinski definition) is 3. The molecule has 1 rings (SSSR count). The number of nitrogens with two attached hydrogens (primary N) is 1. The van der Waals surface area contributed by atoms with E-state index in [4.69, 9.17) is 10.8 Å². The maximum absolute atomic E-state index is 11.6. The van der Waals surface area contributed by atoms with Crippen molar-refractivity contribution >= 4 is 23.3 Å². The van der Waals surface area contributed by atoms with Crippen LogP contribution in [0.15, 0.2) is 18.2 Å². The van der Waals surface area contributed by atoms with Crippen molar-refractivity contribution in [2.75, 3.05) is 6.54 Å². The van der Waals surface area contributed by atoms with E-state index < -0.39 is 45.7 Å². The van der Waals surface area contributed by atoms with E-state index in [2.05, 4.69) is 0 Å². The minimum Gasteiger partial charge on any atom is -0.480 e. The van der Waals surface area contributed by atoms with Gasteiger partial charge in [0.2, 0.25) is 5.91 Å². The topological polar surface area (TPSA) is 179 Å². The van der Waals surface area contributed by atoms with E-state index in [0.29, 0.717) is 6.07 Å². The number of nitrogens with zero attached hydrogens (tertiary/aromatic N) is 2. The number of hydrogen-bond acceptors (Lipinski definition) is 7. The molecule has 1 atom stereocenters. The van der Waals surface area contributed by atoms with Gasteiger partial charge in [0.25, 0.3) is 11.4 Å². The average Bonchev–Trinajstić information content (AvgIpc) is 2.42. The summed E-state index contributed by atoms with van der Waals surface area (Å²) in [5.41, 5.74) is 4.04. The van der Waals surface area contributed by atoms with Crippen LogP contribution in [0.2, 0.25) is 0 Å². The molecule has 0 aliphatic heterocycles. The summed E-state index contributed by atoms with van der Waals surface area (Å²) in [7, 11) is 0. The molecule has 11 nitrogen and oxygen atoms in total. The molecular formula is C10H10N4O7. The third kappa shape index (κ3) is 3.94. The number of amides is 1. The Morgan fingerprint density at radius 1 is 1.29 bits per heavy atom. The number of carbonyl (C=O) groups excluding carboxylic acids is 1. The zero-order valence-electron chi connectivity index (χ0n) is 10.4. The van der Waals surface area contributed by atoms with Crippen LogP contribution >= 0.6 is 0 Å². The number of carboxylic acid groups (broad SMARTS) is 1. The lowest BCUT2D eigenvalue weighted by atomic mass is 10.0. The second kappa shape index (κ2) is 6.38. The zero-order valence-corrected chi connectivity index (χ0v) is 10.4. The number of rotatable bonds is 6. The van der Waals surface area contributed by atoms with Crippen molar-refractivity contribution < 1.29 is 24.5 Å². The Balaban J connectivity index is 3.11. The standard InChI is InChI=1S/C10H10N4O7/c11-9(10(17)12-4-8(15)16)6-2-1-5(13(18)19)3-7(6)14(20)21/h1-3,9H,4,11H2,(H,12,17)(H,15,16). The van der Waals surface area contributed by atoms with Gasteiger partial charge in [-0.15, -0.1) is 0 Å². The van der Waals surface area contributed by atoms with Crippen molar-refractivity contribution in [2.24, 2.45) is 5.73 Å². The number of aliphatic carboxylic acids is 1. The number of nitrogens with one attached hydrogen (secondary N) is 1. The largest absolute Gasteiger partial charge is 0.480 e. The Bertz CT molecular complexity index is 615. The van der Waals surface area contributed by atoms with Gasteiger partial charge in [-0.1, -0.05) is 0 Å². The highest BCUT2D eigenvalue weighted by atomic mass is 16.6. The van der Waals surface area contributed by atoms with Crippen molar-refractivity contribution in [3.63, 3.8) is 0 Å². The predicted octanol–water partition coefficient (Wildman–Crippen LogP) is -0.296. The second-order valence-electron chi connectivity index (χ2n) is 3.85. The molecule has 0 saturated carbocycles. The van der Waals surface area contributed by atoms with Crippen molar-refractivity contribution in [1.82, 2.24) is 5.32 Å². The van der Waals surface area contributed by atoms with Gasteiger partial charge in [-0.05, 0) is 6.07 Å². The van der Waals surface area contributed by atoms with Crippen molar-refractivity contribution in [3.05, 3.63) is 44.0 Å². The van der Waals surface area contributed by atoms with Crippen molar-refractivity contribution in [2.45, 2.75) is 6.04 Å². The van der Waals surface area contributed by atoms with Crippen molar-refractivity contribution in [3.8, 4) is 0 Å². The maximum Gasteiger partial charge on any atom is 0.322 e. The lowest BCUT2D eigenvalue weighted by Gasteiger charge is -2.11. The predicted molar refractivity (Wildman–Crippen MR) is 67.3 cm³/mol. The third-order valence-electron chi connectivity index (χ3n) is 2.45. The third-order valence-corrected chi connectivity index (χ3v) is 2.45. The van der Waals surface area contributed by atoms with Crippen LogP contribution in [0, 0.1) is 20.2 Å². The van der Waals surface area contributed by atoms with Crippen molar-refractivity contribution in [1.29, 1.82) is 0 Å². The summed E-state index contributed by atoms with van der Waals surface area (Å²) < 4.78 is 0. The molecule has 0 aliphatic rings. The molecule has 4 N–H and O–H groups in total. The van der Waals surface area contributed by atoms with Gasteiger partial charge in [0.05, 0.1) is 21.5 Å². The quantitative estimate of drug-likeness (QED) is 0.473. The maximum atomic E-state index is 11.6. The van der Waals surface area contributed by atoms with E-state index in [1.807, 2.05) is 5.32 Å². The first-order valence-electron chi connectivity index (χ1n) is 5.42. The minimum atomic E-state index is -1.52. The fourth-order valence-corrected chi connectivity index (χ4v) is 1.48. The highest BCUT2D eigenvalue weighted by Crippen LogP contribution is 2.28. The number of non-ortho nitro benzene ring substituents is 1. The number of carboxylic acids is 1. The first-order valence-corrected chi connectivity index (χ1v) is 5.42. The number of nitro benzene ring substituents is 2. The molecule has 0 fully saturated rings. The minimum absolute atomic E-state index is 0.256. The molecule has 0 heterocycles. The Morgan fingerprint density at radius 2 is 1.90 bits per heavy atom. The summed E-state index contributed by atoms with van der Waals surface area (Å²) in [4.78, 5) is 41.6. The second-order valence-corrected chi connectivity index (χ2v) is 3.85. The highest BCUT2D eigenvalue weighted by molar-refractivity contribution is 5.87. The van der Waals surface area contributed by atoms with E-state index in [1.165, 1.54) is 0 Å². The molecule has 1 amide bonds. The van der Waals surface area contributed by atoms with E-state index in [0.717, 1.165) is 12.1 Å². The smallest absolute Gasteiger partial charge is 0.322 e. The molecule has 112 valence electrons. The molecule has 0 aliphatic carbocycles. The molecule has 0 aromatic heterocycles. The van der Waals surface area contributed by atoms with Crippen LogP contribution in [0.4, 0.5) is 11.4 Å². The van der Waals surface area contributed by atoms with Crippen LogP contribution in [-0.4, -0.2) is 33.4 Å². The first kappa shape index (κ1) is 16.0. The highest BCUT2D eigenvalue weighted by Gasteiger charge is 2.27. The molecule has 1 aromatic carbocycles. The van der Waals surface area contributed by atoms with Crippen LogP contribution in [0.5, 0.6) is 0 Å². The normalized spacial score (nSPS) is 11.5. The Hall–Kier alpha value is -3.08. The van der Waals surface area contributed by atoms with Crippen LogP contribution in [0.1, 0.15) is 11.6 Å². The lowest BCUT2D eigenvalue weighted by molar-refractivity contribution is -0.394. The molecule has 1 aromatic rings. The average molecular weight is 298 g/mol. The summed E-state index contributed by atoms with van der Waals surface area (Å²) >= 11 is 0. The van der Waals surface area contributed by atoms with E-state index in [9.17, 15) is 29.8 Å². The Labute approximate surface area is 116 Å².